The molecule has 0 spiro atoms. The molecular formula is C19H25N5S. The van der Waals surface area contributed by atoms with Crippen LogP contribution in [0.2, 0.25) is 0 Å². The zero-order chi connectivity index (χ0) is 17.6. The molecular weight excluding hydrogens is 330 g/mol. The molecule has 3 heterocycles. The molecule has 0 aliphatic heterocycles. The Morgan fingerprint density at radius 1 is 1.12 bits per heavy atom. The number of hydrogen-bond acceptors (Lipinski definition) is 5. The van der Waals surface area contributed by atoms with E-state index in [1.54, 1.807) is 0 Å². The third-order valence-electron chi connectivity index (χ3n) is 5.05. The summed E-state index contributed by atoms with van der Waals surface area (Å²) in [4.78, 5) is 14.9. The summed E-state index contributed by atoms with van der Waals surface area (Å²) < 4.78 is 1.88. The van der Waals surface area contributed by atoms with Crippen molar-refractivity contribution in [3.63, 3.8) is 0 Å². The highest BCUT2D eigenvalue weighted by atomic mass is 32.1. The van der Waals surface area contributed by atoms with E-state index >= 15 is 0 Å². The van der Waals surface area contributed by atoms with Crippen molar-refractivity contribution in [2.45, 2.75) is 53.4 Å². The van der Waals surface area contributed by atoms with E-state index in [1.165, 1.54) is 35.1 Å². The molecule has 132 valence electrons. The first kappa shape index (κ1) is 16.5. The average Bonchev–Trinajstić information content (AvgIpc) is 3.14. The van der Waals surface area contributed by atoms with Gasteiger partial charge in [-0.25, -0.2) is 4.68 Å². The number of rotatable bonds is 4. The van der Waals surface area contributed by atoms with E-state index in [0.717, 1.165) is 41.5 Å². The molecule has 6 heteroatoms. The molecule has 1 aliphatic rings. The Morgan fingerprint density at radius 2 is 1.88 bits per heavy atom. The van der Waals surface area contributed by atoms with Crippen LogP contribution in [0.1, 0.15) is 48.5 Å². The van der Waals surface area contributed by atoms with Gasteiger partial charge in [0.1, 0.15) is 10.6 Å². The van der Waals surface area contributed by atoms with Crippen LogP contribution in [0.5, 0.6) is 0 Å². The van der Waals surface area contributed by atoms with Crippen molar-refractivity contribution >= 4 is 27.4 Å². The number of anilines is 1. The molecule has 1 aliphatic carbocycles. The molecule has 0 aromatic carbocycles. The average molecular weight is 356 g/mol. The standard InChI is InChI=1S/C19H25N5S/c1-5-23(6-2)17-16-14-9-7-8-10-15(14)25-18(16)21-19(20-17)24-13(4)11-12(3)22-24/h11H,5-10H2,1-4H3. The minimum absolute atomic E-state index is 0.693. The summed E-state index contributed by atoms with van der Waals surface area (Å²) in [6.07, 6.45) is 4.91. The molecule has 0 saturated heterocycles. The van der Waals surface area contributed by atoms with E-state index in [-0.39, 0.29) is 0 Å². The van der Waals surface area contributed by atoms with Crippen molar-refractivity contribution in [1.29, 1.82) is 0 Å². The fourth-order valence-corrected chi connectivity index (χ4v) is 5.06. The summed E-state index contributed by atoms with van der Waals surface area (Å²) in [6.45, 7) is 10.4. The van der Waals surface area contributed by atoms with Gasteiger partial charge in [-0.1, -0.05) is 0 Å². The maximum Gasteiger partial charge on any atom is 0.254 e. The highest BCUT2D eigenvalue weighted by molar-refractivity contribution is 7.19. The fraction of sp³-hybridized carbons (Fsp3) is 0.526. The summed E-state index contributed by atoms with van der Waals surface area (Å²) in [6, 6.07) is 2.07. The highest BCUT2D eigenvalue weighted by Crippen LogP contribution is 2.40. The molecule has 4 rings (SSSR count). The van der Waals surface area contributed by atoms with E-state index in [0.29, 0.717) is 5.95 Å². The van der Waals surface area contributed by atoms with E-state index in [1.807, 2.05) is 22.9 Å². The molecule has 0 fully saturated rings. The SMILES string of the molecule is CCN(CC)c1nc(-n2nc(C)cc2C)nc2sc3c(c12)CCCC3. The molecule has 5 nitrogen and oxygen atoms in total. The van der Waals surface area contributed by atoms with Gasteiger partial charge in [-0.15, -0.1) is 11.3 Å². The van der Waals surface area contributed by atoms with Gasteiger partial charge in [0.15, 0.2) is 0 Å². The zero-order valence-corrected chi connectivity index (χ0v) is 16.3. The fourth-order valence-electron chi connectivity index (χ4n) is 3.81. The van der Waals surface area contributed by atoms with Crippen LogP contribution in [0.3, 0.4) is 0 Å². The van der Waals surface area contributed by atoms with Gasteiger partial charge in [0.05, 0.1) is 11.1 Å². The summed E-state index contributed by atoms with van der Waals surface area (Å²) in [5.74, 6) is 1.77. The number of hydrogen-bond donors (Lipinski definition) is 0. The Kier molecular flexibility index (Phi) is 4.23. The van der Waals surface area contributed by atoms with Gasteiger partial charge in [-0.05, 0) is 65.0 Å². The highest BCUT2D eigenvalue weighted by Gasteiger charge is 2.24. The molecule has 0 saturated carbocycles. The van der Waals surface area contributed by atoms with Crippen molar-refractivity contribution in [2.75, 3.05) is 18.0 Å². The third kappa shape index (κ3) is 2.72. The van der Waals surface area contributed by atoms with Crippen LogP contribution in [-0.4, -0.2) is 32.8 Å². The van der Waals surface area contributed by atoms with E-state index < -0.39 is 0 Å². The quantitative estimate of drug-likeness (QED) is 0.703. The van der Waals surface area contributed by atoms with Crippen molar-refractivity contribution < 1.29 is 0 Å². The van der Waals surface area contributed by atoms with Crippen LogP contribution in [-0.2, 0) is 12.8 Å². The predicted molar refractivity (Wildman–Crippen MR) is 104 cm³/mol. The largest absolute Gasteiger partial charge is 0.356 e. The molecule has 3 aromatic rings. The molecule has 0 radical (unpaired) electrons. The minimum atomic E-state index is 0.693. The molecule has 3 aromatic heterocycles. The zero-order valence-electron chi connectivity index (χ0n) is 15.5. The Hall–Kier alpha value is -1.95. The van der Waals surface area contributed by atoms with Crippen molar-refractivity contribution in [2.24, 2.45) is 0 Å². The molecule has 0 bridgehead atoms. The van der Waals surface area contributed by atoms with Crippen molar-refractivity contribution in [3.05, 3.63) is 27.9 Å². The first-order valence-corrected chi connectivity index (χ1v) is 10.0. The first-order valence-electron chi connectivity index (χ1n) is 9.23. The normalized spacial score (nSPS) is 14.1. The Balaban J connectivity index is 1.99. The summed E-state index contributed by atoms with van der Waals surface area (Å²) in [5.41, 5.74) is 3.56. The van der Waals surface area contributed by atoms with Crippen LogP contribution < -0.4 is 4.90 Å². The van der Waals surface area contributed by atoms with E-state index in [4.69, 9.17) is 9.97 Å². The first-order chi connectivity index (χ1) is 12.1. The summed E-state index contributed by atoms with van der Waals surface area (Å²) in [7, 11) is 0. The second-order valence-corrected chi connectivity index (χ2v) is 7.83. The van der Waals surface area contributed by atoms with Crippen LogP contribution in [0.25, 0.3) is 16.2 Å². The van der Waals surface area contributed by atoms with Gasteiger partial charge in [0.25, 0.3) is 5.95 Å². The van der Waals surface area contributed by atoms with Crippen molar-refractivity contribution in [3.8, 4) is 5.95 Å². The van der Waals surface area contributed by atoms with Gasteiger partial charge in [0, 0.05) is 23.7 Å². The lowest BCUT2D eigenvalue weighted by molar-refractivity contribution is 0.699. The maximum absolute atomic E-state index is 4.99. The smallest absolute Gasteiger partial charge is 0.254 e. The van der Waals surface area contributed by atoms with Crippen molar-refractivity contribution in [1.82, 2.24) is 19.7 Å². The minimum Gasteiger partial charge on any atom is -0.356 e. The monoisotopic (exact) mass is 355 g/mol. The van der Waals surface area contributed by atoms with Crippen LogP contribution in [0.4, 0.5) is 5.82 Å². The maximum atomic E-state index is 4.99. The molecule has 25 heavy (non-hydrogen) atoms. The van der Waals surface area contributed by atoms with Gasteiger partial charge in [-0.3, -0.25) is 0 Å². The molecule has 0 unspecified atom stereocenters. The topological polar surface area (TPSA) is 46.8 Å². The number of thiophene rings is 1. The lowest BCUT2D eigenvalue weighted by atomic mass is 9.97. The predicted octanol–water partition coefficient (Wildman–Crippen LogP) is 4.22. The lowest BCUT2D eigenvalue weighted by Crippen LogP contribution is -2.24. The molecule has 0 amide bonds. The second kappa shape index (κ2) is 6.41. The number of aromatic nitrogens is 4. The van der Waals surface area contributed by atoms with Gasteiger partial charge in [0.2, 0.25) is 0 Å². The van der Waals surface area contributed by atoms with Gasteiger partial charge in [-0.2, -0.15) is 15.1 Å². The molecule has 0 atom stereocenters. The Bertz CT molecular complexity index is 920. The van der Waals surface area contributed by atoms with Gasteiger partial charge < -0.3 is 4.90 Å². The number of fused-ring (bicyclic) bond motifs is 3. The summed E-state index contributed by atoms with van der Waals surface area (Å²) in [5, 5.41) is 5.88. The van der Waals surface area contributed by atoms with E-state index in [2.05, 4.69) is 36.8 Å². The van der Waals surface area contributed by atoms with Crippen LogP contribution in [0.15, 0.2) is 6.07 Å². The summed E-state index contributed by atoms with van der Waals surface area (Å²) >= 11 is 1.85. The Labute approximate surface area is 152 Å². The molecule has 0 N–H and O–H groups in total. The third-order valence-corrected chi connectivity index (χ3v) is 6.23. The number of aryl methyl sites for hydroxylation is 4. The van der Waals surface area contributed by atoms with Crippen LogP contribution in [0, 0.1) is 13.8 Å². The van der Waals surface area contributed by atoms with E-state index in [9.17, 15) is 0 Å². The Morgan fingerprint density at radius 3 is 2.56 bits per heavy atom. The lowest BCUT2D eigenvalue weighted by Gasteiger charge is -2.22. The van der Waals surface area contributed by atoms with Crippen LogP contribution >= 0.6 is 11.3 Å². The second-order valence-electron chi connectivity index (χ2n) is 6.75. The van der Waals surface area contributed by atoms with Gasteiger partial charge >= 0.3 is 0 Å². The number of nitrogens with zero attached hydrogens (tertiary/aromatic N) is 5.